The van der Waals surface area contributed by atoms with Crippen molar-refractivity contribution >= 4 is 64.8 Å². The molecule has 0 aliphatic rings. The third-order valence-electron chi connectivity index (χ3n) is 1.36. The zero-order valence-electron chi connectivity index (χ0n) is 6.47. The van der Waals surface area contributed by atoms with Crippen LogP contribution < -0.4 is 5.73 Å². The number of carbonyl (C=O) groups excluding carboxylic acids is 1. The van der Waals surface area contributed by atoms with Gasteiger partial charge in [-0.05, 0) is 59.6 Å². The highest BCUT2D eigenvalue weighted by Crippen LogP contribution is 2.41. The number of rotatable bonds is 1. The van der Waals surface area contributed by atoms with Gasteiger partial charge in [0.1, 0.15) is 9.21 Å². The summed E-state index contributed by atoms with van der Waals surface area (Å²) in [5.74, 6) is 0. The minimum absolute atomic E-state index is 0.431. The first-order valence-corrected chi connectivity index (χ1v) is 6.31. The Morgan fingerprint density at radius 3 is 2.23 bits per heavy atom. The van der Waals surface area contributed by atoms with Crippen molar-refractivity contribution in [2.75, 3.05) is 0 Å². The monoisotopic (exact) mass is 390 g/mol. The molecule has 0 aliphatic heterocycles. The highest BCUT2D eigenvalue weighted by molar-refractivity contribution is 9.13. The molecule has 0 aliphatic carbocycles. The molecule has 0 aromatic carbocycles. The number of amides is 1. The highest BCUT2D eigenvalue weighted by Gasteiger charge is 2.17. The quantitative estimate of drug-likeness (QED) is 0.744. The Balaban J connectivity index is 3.21. The summed E-state index contributed by atoms with van der Waals surface area (Å²) < 4.78 is 4.36. The normalized spacial score (nSPS) is 10.5. The molecule has 2 N–H and O–H groups in total. The summed E-state index contributed by atoms with van der Waals surface area (Å²) in [7, 11) is 1.87. The third kappa shape index (κ3) is 2.31. The maximum atomic E-state index is 10.7. The van der Waals surface area contributed by atoms with Crippen LogP contribution in [0, 0.1) is 0 Å². The summed E-state index contributed by atoms with van der Waals surface area (Å²) in [6, 6.07) is 0. The molecule has 0 spiro atoms. The zero-order valence-corrected chi connectivity index (χ0v) is 12.0. The van der Waals surface area contributed by atoms with Gasteiger partial charge < -0.3 is 10.3 Å². The van der Waals surface area contributed by atoms with Gasteiger partial charge in [0.15, 0.2) is 0 Å². The molecule has 1 heterocycles. The molecule has 0 fully saturated rings. The molecule has 13 heavy (non-hydrogen) atoms. The van der Waals surface area contributed by atoms with Gasteiger partial charge in [-0.3, -0.25) is 4.79 Å². The van der Waals surface area contributed by atoms with Gasteiger partial charge in [0.25, 0.3) is 5.24 Å². The van der Waals surface area contributed by atoms with Crippen LogP contribution in [-0.4, -0.2) is 9.81 Å². The van der Waals surface area contributed by atoms with Crippen LogP contribution in [0.5, 0.6) is 0 Å². The maximum Gasteiger partial charge on any atom is 0.281 e. The zero-order chi connectivity index (χ0) is 10.2. The Morgan fingerprint density at radius 1 is 1.38 bits per heavy atom. The lowest BCUT2D eigenvalue weighted by Gasteiger charge is -1.96. The van der Waals surface area contributed by atoms with E-state index in [0.717, 1.165) is 30.3 Å². The smallest absolute Gasteiger partial charge is 0.281 e. The number of thioether (sulfide) groups is 1. The summed E-state index contributed by atoms with van der Waals surface area (Å²) in [5, 5.41) is -0.431. The maximum absolute atomic E-state index is 10.7. The van der Waals surface area contributed by atoms with Crippen LogP contribution in [0.15, 0.2) is 18.6 Å². The summed E-state index contributed by atoms with van der Waals surface area (Å²) >= 11 is 11.1. The molecule has 72 valence electrons. The van der Waals surface area contributed by atoms with Crippen molar-refractivity contribution in [3.8, 4) is 0 Å². The van der Waals surface area contributed by atoms with E-state index >= 15 is 0 Å². The van der Waals surface area contributed by atoms with E-state index in [4.69, 9.17) is 5.73 Å². The van der Waals surface area contributed by atoms with Crippen molar-refractivity contribution in [3.05, 3.63) is 13.7 Å². The number of aromatic nitrogens is 1. The molecule has 0 saturated heterocycles. The Morgan fingerprint density at radius 2 is 1.92 bits per heavy atom. The molecule has 3 nitrogen and oxygen atoms in total. The van der Waals surface area contributed by atoms with Crippen molar-refractivity contribution in [2.24, 2.45) is 12.8 Å². The predicted octanol–water partition coefficient (Wildman–Crippen LogP) is 3.48. The van der Waals surface area contributed by atoms with Crippen LogP contribution in [0.1, 0.15) is 0 Å². The molecule has 1 rings (SSSR count). The summed E-state index contributed by atoms with van der Waals surface area (Å²) in [6.45, 7) is 0. The van der Waals surface area contributed by atoms with Crippen molar-refractivity contribution in [2.45, 2.75) is 4.90 Å². The van der Waals surface area contributed by atoms with E-state index in [9.17, 15) is 4.79 Å². The average Bonchev–Trinajstić information content (AvgIpc) is 2.22. The lowest BCUT2D eigenvalue weighted by atomic mass is 10.7. The van der Waals surface area contributed by atoms with Gasteiger partial charge in [-0.2, -0.15) is 0 Å². The molecule has 0 unspecified atom stereocenters. The van der Waals surface area contributed by atoms with Gasteiger partial charge in [-0.25, -0.2) is 0 Å². The van der Waals surface area contributed by atoms with Crippen LogP contribution in [0.2, 0.25) is 0 Å². The van der Waals surface area contributed by atoms with E-state index in [2.05, 4.69) is 47.8 Å². The fourth-order valence-electron chi connectivity index (χ4n) is 0.757. The van der Waals surface area contributed by atoms with Gasteiger partial charge in [-0.1, -0.05) is 0 Å². The average molecular weight is 393 g/mol. The Bertz CT molecular complexity index is 338. The second-order valence-corrected chi connectivity index (χ2v) is 5.51. The standard InChI is InChI=1S/C6H5Br3N2OS/c1-11-4(8)2(7)3(5(11)9)13-6(10)12/h1H3,(H2,10,12). The first-order chi connectivity index (χ1) is 5.95. The van der Waals surface area contributed by atoms with Crippen LogP contribution in [0.3, 0.4) is 0 Å². The summed E-state index contributed by atoms with van der Waals surface area (Å²) in [5.41, 5.74) is 5.08. The second kappa shape index (κ2) is 4.37. The molecule has 1 aromatic heterocycles. The van der Waals surface area contributed by atoms with Crippen LogP contribution in [-0.2, 0) is 7.05 Å². The summed E-state index contributed by atoms with van der Waals surface area (Å²) in [4.78, 5) is 11.5. The second-order valence-electron chi connectivity index (χ2n) is 2.20. The minimum atomic E-state index is -0.431. The number of halogens is 3. The predicted molar refractivity (Wildman–Crippen MR) is 64.0 cm³/mol. The molecule has 1 aromatic rings. The van der Waals surface area contributed by atoms with Crippen molar-refractivity contribution in [1.82, 2.24) is 4.57 Å². The number of hydrogen-bond donors (Lipinski definition) is 1. The number of nitrogens with two attached hydrogens (primary N) is 1. The SMILES string of the molecule is Cn1c(Br)c(Br)c(SC(N)=O)c1Br. The van der Waals surface area contributed by atoms with Crippen LogP contribution in [0.4, 0.5) is 4.79 Å². The molecular formula is C6H5Br3N2OS. The first kappa shape index (κ1) is 11.6. The van der Waals surface area contributed by atoms with Crippen molar-refractivity contribution in [1.29, 1.82) is 0 Å². The van der Waals surface area contributed by atoms with Gasteiger partial charge in [0, 0.05) is 7.05 Å². The van der Waals surface area contributed by atoms with Crippen LogP contribution in [0.25, 0.3) is 0 Å². The van der Waals surface area contributed by atoms with E-state index < -0.39 is 5.24 Å². The number of carbonyl (C=O) groups is 1. The number of nitrogens with zero attached hydrogens (tertiary/aromatic N) is 1. The fourth-order valence-corrected chi connectivity index (χ4v) is 3.69. The molecular weight excluding hydrogens is 388 g/mol. The van der Waals surface area contributed by atoms with Gasteiger partial charge in [-0.15, -0.1) is 0 Å². The Labute approximate surface area is 105 Å². The van der Waals surface area contributed by atoms with E-state index in [1.807, 2.05) is 11.6 Å². The van der Waals surface area contributed by atoms with Crippen LogP contribution >= 0.6 is 59.6 Å². The van der Waals surface area contributed by atoms with Crippen molar-refractivity contribution in [3.63, 3.8) is 0 Å². The largest absolute Gasteiger partial charge is 0.360 e. The van der Waals surface area contributed by atoms with E-state index in [-0.39, 0.29) is 0 Å². The van der Waals surface area contributed by atoms with Gasteiger partial charge in [0.2, 0.25) is 0 Å². The minimum Gasteiger partial charge on any atom is -0.360 e. The highest BCUT2D eigenvalue weighted by atomic mass is 79.9. The van der Waals surface area contributed by atoms with E-state index in [1.165, 1.54) is 0 Å². The van der Waals surface area contributed by atoms with E-state index in [0.29, 0.717) is 0 Å². The molecule has 0 bridgehead atoms. The van der Waals surface area contributed by atoms with Gasteiger partial charge in [0.05, 0.1) is 9.37 Å². The lowest BCUT2D eigenvalue weighted by molar-refractivity contribution is 0.267. The molecule has 1 amide bonds. The molecule has 0 radical (unpaired) electrons. The van der Waals surface area contributed by atoms with Gasteiger partial charge >= 0.3 is 0 Å². The number of primary amides is 1. The first-order valence-electron chi connectivity index (χ1n) is 3.11. The van der Waals surface area contributed by atoms with Crippen molar-refractivity contribution < 1.29 is 4.79 Å². The lowest BCUT2D eigenvalue weighted by Crippen LogP contribution is -2.01. The van der Waals surface area contributed by atoms with E-state index in [1.54, 1.807) is 0 Å². The topological polar surface area (TPSA) is 48.0 Å². The molecule has 0 atom stereocenters. The third-order valence-corrected chi connectivity index (χ3v) is 5.85. The Kier molecular flexibility index (Phi) is 3.91. The fraction of sp³-hybridized carbons (Fsp3) is 0.167. The Hall–Kier alpha value is 0.540. The molecule has 0 saturated carbocycles. The summed E-state index contributed by atoms with van der Waals surface area (Å²) in [6.07, 6.45) is 0. The molecule has 7 heteroatoms. The number of hydrogen-bond acceptors (Lipinski definition) is 2.